The third-order valence-corrected chi connectivity index (χ3v) is 4.46. The number of aryl methyl sites for hydroxylation is 2. The quantitative estimate of drug-likeness (QED) is 0.920. The van der Waals surface area contributed by atoms with Gasteiger partial charge < -0.3 is 5.11 Å². The van der Waals surface area contributed by atoms with E-state index < -0.39 is 5.97 Å². The van der Waals surface area contributed by atoms with Gasteiger partial charge in [-0.1, -0.05) is 0 Å². The second-order valence-electron chi connectivity index (χ2n) is 5.04. The lowest BCUT2D eigenvalue weighted by molar-refractivity contribution is -0.136. The lowest BCUT2D eigenvalue weighted by Gasteiger charge is -2.14. The highest BCUT2D eigenvalue weighted by atomic mass is 32.1. The second kappa shape index (κ2) is 6.22. The van der Waals surface area contributed by atoms with Crippen molar-refractivity contribution in [2.24, 2.45) is 0 Å². The Balaban J connectivity index is 2.38. The zero-order valence-corrected chi connectivity index (χ0v) is 13.2. The minimum atomic E-state index is -0.847. The van der Waals surface area contributed by atoms with Gasteiger partial charge in [0.25, 0.3) is 0 Å². The smallest absolute Gasteiger partial charge is 0.348 e. The molecule has 6 heteroatoms. The highest BCUT2D eigenvalue weighted by molar-refractivity contribution is 7.11. The summed E-state index contributed by atoms with van der Waals surface area (Å²) in [4.78, 5) is 29.2. The fourth-order valence-electron chi connectivity index (χ4n) is 2.35. The molecule has 2 aromatic heterocycles. The van der Waals surface area contributed by atoms with Crippen LogP contribution in [0, 0.1) is 20.8 Å². The highest BCUT2D eigenvalue weighted by Crippen LogP contribution is 2.18. The molecule has 112 valence electrons. The van der Waals surface area contributed by atoms with Crippen molar-refractivity contribution < 1.29 is 9.90 Å². The van der Waals surface area contributed by atoms with Crippen molar-refractivity contribution in [2.45, 2.75) is 40.2 Å². The molecule has 1 N–H and O–H groups in total. The van der Waals surface area contributed by atoms with Crippen LogP contribution >= 0.6 is 11.3 Å². The summed E-state index contributed by atoms with van der Waals surface area (Å²) >= 11 is 1.65. The molecule has 0 aliphatic heterocycles. The van der Waals surface area contributed by atoms with Gasteiger partial charge in [0.05, 0.1) is 6.54 Å². The van der Waals surface area contributed by atoms with Gasteiger partial charge in [0, 0.05) is 27.6 Å². The van der Waals surface area contributed by atoms with E-state index >= 15 is 0 Å². The van der Waals surface area contributed by atoms with Crippen molar-refractivity contribution in [1.82, 2.24) is 9.55 Å². The van der Waals surface area contributed by atoms with Crippen molar-refractivity contribution in [1.29, 1.82) is 0 Å². The minimum Gasteiger partial charge on any atom is -0.481 e. The number of thiophene rings is 1. The normalized spacial score (nSPS) is 10.8. The van der Waals surface area contributed by atoms with E-state index in [-0.39, 0.29) is 12.1 Å². The SMILES string of the molecule is Cc1ccc(Cn2c(C)c(CCC(=O)O)c(C)nc2=O)s1. The van der Waals surface area contributed by atoms with Gasteiger partial charge in [0.15, 0.2) is 0 Å². The molecule has 0 saturated carbocycles. The molecule has 0 spiro atoms. The summed E-state index contributed by atoms with van der Waals surface area (Å²) in [6, 6.07) is 4.02. The molecule has 0 saturated heterocycles. The molecule has 0 aliphatic rings. The summed E-state index contributed by atoms with van der Waals surface area (Å²) in [7, 11) is 0. The molecule has 2 aromatic rings. The molecular weight excluding hydrogens is 288 g/mol. The Kier molecular flexibility index (Phi) is 4.57. The van der Waals surface area contributed by atoms with E-state index in [0.29, 0.717) is 18.7 Å². The van der Waals surface area contributed by atoms with Crippen LogP contribution in [0.4, 0.5) is 0 Å². The average molecular weight is 306 g/mol. The van der Waals surface area contributed by atoms with E-state index in [1.165, 1.54) is 4.88 Å². The molecular formula is C15H18N2O3S. The molecule has 5 nitrogen and oxygen atoms in total. The number of rotatable bonds is 5. The molecule has 0 fully saturated rings. The first-order valence-corrected chi connectivity index (χ1v) is 7.54. The second-order valence-corrected chi connectivity index (χ2v) is 6.41. The van der Waals surface area contributed by atoms with Gasteiger partial charge in [-0.25, -0.2) is 4.79 Å². The first kappa shape index (κ1) is 15.4. The van der Waals surface area contributed by atoms with Crippen molar-refractivity contribution >= 4 is 17.3 Å². The molecule has 0 amide bonds. The van der Waals surface area contributed by atoms with Crippen LogP contribution in [0.15, 0.2) is 16.9 Å². The Morgan fingerprint density at radius 1 is 1.33 bits per heavy atom. The van der Waals surface area contributed by atoms with Gasteiger partial charge in [-0.15, -0.1) is 11.3 Å². The molecule has 0 aliphatic carbocycles. The van der Waals surface area contributed by atoms with Crippen LogP contribution < -0.4 is 5.69 Å². The highest BCUT2D eigenvalue weighted by Gasteiger charge is 2.13. The van der Waals surface area contributed by atoms with Crippen LogP contribution in [-0.4, -0.2) is 20.6 Å². The van der Waals surface area contributed by atoms with E-state index in [4.69, 9.17) is 5.11 Å². The number of carboxylic acids is 1. The Labute approximate surface area is 126 Å². The van der Waals surface area contributed by atoms with Crippen LogP contribution in [0.1, 0.15) is 33.1 Å². The number of nitrogens with zero attached hydrogens (tertiary/aromatic N) is 2. The molecule has 0 radical (unpaired) electrons. The van der Waals surface area contributed by atoms with E-state index in [1.807, 2.05) is 26.0 Å². The van der Waals surface area contributed by atoms with E-state index in [2.05, 4.69) is 4.98 Å². The standard InChI is InChI=1S/C15H18N2O3S/c1-9-4-5-12(21-9)8-17-11(3)13(6-7-14(18)19)10(2)16-15(17)20/h4-5H,6-8H2,1-3H3,(H,18,19). The van der Waals surface area contributed by atoms with E-state index in [0.717, 1.165) is 16.1 Å². The van der Waals surface area contributed by atoms with Crippen molar-refractivity contribution in [3.8, 4) is 0 Å². The Morgan fingerprint density at radius 2 is 2.05 bits per heavy atom. The average Bonchev–Trinajstić information content (AvgIpc) is 2.79. The summed E-state index contributed by atoms with van der Waals surface area (Å²) in [6.45, 7) is 6.12. The number of hydrogen-bond acceptors (Lipinski definition) is 4. The first-order chi connectivity index (χ1) is 9.88. The van der Waals surface area contributed by atoms with E-state index in [9.17, 15) is 9.59 Å². The largest absolute Gasteiger partial charge is 0.481 e. The Hall–Kier alpha value is -1.95. The topological polar surface area (TPSA) is 72.2 Å². The van der Waals surface area contributed by atoms with Gasteiger partial charge in [0.1, 0.15) is 0 Å². The number of carbonyl (C=O) groups is 1. The maximum absolute atomic E-state index is 12.1. The lowest BCUT2D eigenvalue weighted by Crippen LogP contribution is -2.28. The number of aromatic nitrogens is 2. The molecule has 21 heavy (non-hydrogen) atoms. The molecule has 0 bridgehead atoms. The van der Waals surface area contributed by atoms with Gasteiger partial charge in [-0.05, 0) is 44.9 Å². The summed E-state index contributed by atoms with van der Waals surface area (Å²) in [5, 5.41) is 8.83. The van der Waals surface area contributed by atoms with Crippen molar-refractivity contribution in [3.05, 3.63) is 49.3 Å². The Bertz CT molecular complexity index is 731. The Morgan fingerprint density at radius 3 is 2.62 bits per heavy atom. The third kappa shape index (κ3) is 3.58. The van der Waals surface area contributed by atoms with Crippen LogP contribution in [0.2, 0.25) is 0 Å². The zero-order chi connectivity index (χ0) is 15.6. The molecule has 2 rings (SSSR count). The summed E-state index contributed by atoms with van der Waals surface area (Å²) in [5.74, 6) is -0.847. The van der Waals surface area contributed by atoms with Crippen molar-refractivity contribution in [2.75, 3.05) is 0 Å². The predicted molar refractivity (Wildman–Crippen MR) is 82.1 cm³/mol. The molecule has 0 atom stereocenters. The van der Waals surface area contributed by atoms with Crippen LogP contribution in [0.5, 0.6) is 0 Å². The van der Waals surface area contributed by atoms with E-state index in [1.54, 1.807) is 22.8 Å². The lowest BCUT2D eigenvalue weighted by atomic mass is 10.1. The molecule has 0 aromatic carbocycles. The number of aliphatic carboxylic acids is 1. The van der Waals surface area contributed by atoms with Crippen LogP contribution in [-0.2, 0) is 17.8 Å². The number of hydrogen-bond donors (Lipinski definition) is 1. The van der Waals surface area contributed by atoms with Gasteiger partial charge in [0.2, 0.25) is 0 Å². The maximum Gasteiger partial charge on any atom is 0.348 e. The molecule has 0 unspecified atom stereocenters. The minimum absolute atomic E-state index is 0.0413. The molecule has 2 heterocycles. The van der Waals surface area contributed by atoms with Gasteiger partial charge in [-0.2, -0.15) is 4.98 Å². The maximum atomic E-state index is 12.1. The van der Waals surface area contributed by atoms with Crippen LogP contribution in [0.3, 0.4) is 0 Å². The van der Waals surface area contributed by atoms with Gasteiger partial charge >= 0.3 is 11.7 Å². The summed E-state index contributed by atoms with van der Waals surface area (Å²) in [5.41, 5.74) is 2.00. The summed E-state index contributed by atoms with van der Waals surface area (Å²) in [6.07, 6.45) is 0.434. The number of carboxylic acid groups (broad SMARTS) is 1. The monoisotopic (exact) mass is 306 g/mol. The third-order valence-electron chi connectivity index (χ3n) is 3.47. The summed E-state index contributed by atoms with van der Waals surface area (Å²) < 4.78 is 1.62. The zero-order valence-electron chi connectivity index (χ0n) is 12.3. The van der Waals surface area contributed by atoms with Crippen LogP contribution in [0.25, 0.3) is 0 Å². The fraction of sp³-hybridized carbons (Fsp3) is 0.400. The van der Waals surface area contributed by atoms with Crippen molar-refractivity contribution in [3.63, 3.8) is 0 Å². The fourth-order valence-corrected chi connectivity index (χ4v) is 3.22. The van der Waals surface area contributed by atoms with Gasteiger partial charge in [-0.3, -0.25) is 9.36 Å². The predicted octanol–water partition coefficient (Wildman–Crippen LogP) is 2.30. The first-order valence-electron chi connectivity index (χ1n) is 6.72.